The van der Waals surface area contributed by atoms with Crippen molar-refractivity contribution in [2.75, 3.05) is 4.90 Å². The molecule has 13 nitrogen and oxygen atoms in total. The van der Waals surface area contributed by atoms with Gasteiger partial charge in [-0.25, -0.2) is 19.0 Å². The summed E-state index contributed by atoms with van der Waals surface area (Å²) in [6, 6.07) is 7.47. The highest BCUT2D eigenvalue weighted by atomic mass is 32.1. The maximum Gasteiger partial charge on any atom is 0.417 e. The number of aliphatic hydroxyl groups excluding tert-OH is 3. The predicted octanol–water partition coefficient (Wildman–Crippen LogP) is 4.75. The van der Waals surface area contributed by atoms with E-state index in [2.05, 4.69) is 15.0 Å². The second-order valence-electron chi connectivity index (χ2n) is 13.8. The fourth-order valence-electron chi connectivity index (χ4n) is 7.58. The van der Waals surface area contributed by atoms with Gasteiger partial charge in [0.05, 0.1) is 28.5 Å². The van der Waals surface area contributed by atoms with E-state index in [1.165, 1.54) is 24.3 Å². The Morgan fingerprint density at radius 1 is 1.00 bits per heavy atom. The molecule has 1 saturated carbocycles. The Hall–Kier alpha value is -4.20. The lowest BCUT2D eigenvalue weighted by molar-refractivity contribution is -0.278. The molecule has 0 spiro atoms. The summed E-state index contributed by atoms with van der Waals surface area (Å²) in [4.78, 5) is 31.0. The van der Waals surface area contributed by atoms with Gasteiger partial charge in [0.2, 0.25) is 6.29 Å². The topological polar surface area (TPSA) is 185 Å². The summed E-state index contributed by atoms with van der Waals surface area (Å²) in [5, 5.41) is 44.0. The molecule has 4 N–H and O–H groups in total. The molecule has 0 radical (unpaired) electrons. The molecule has 2 aromatic carbocycles. The number of carboxylic acids is 1. The van der Waals surface area contributed by atoms with Gasteiger partial charge in [0, 0.05) is 29.1 Å². The number of aliphatic carboxylic acids is 1. The van der Waals surface area contributed by atoms with Crippen molar-refractivity contribution in [1.82, 2.24) is 10.1 Å². The molecule has 8 rings (SSSR count). The minimum atomic E-state index is -4.58. The number of aromatic nitrogens is 2. The normalized spacial score (nSPS) is 28.8. The quantitative estimate of drug-likeness (QED) is 0.135. The van der Waals surface area contributed by atoms with Gasteiger partial charge in [0.1, 0.15) is 35.3 Å². The van der Waals surface area contributed by atoms with Crippen LogP contribution in [-0.4, -0.2) is 91.4 Å². The zero-order valence-electron chi connectivity index (χ0n) is 27.6. The number of fused-ring (bicyclic) bond motifs is 3. The molecule has 4 aromatic rings. The van der Waals surface area contributed by atoms with Crippen molar-refractivity contribution in [3.05, 3.63) is 64.7 Å². The molecular weight excluding hydrogens is 730 g/mol. The van der Waals surface area contributed by atoms with Gasteiger partial charge in [-0.15, -0.1) is 0 Å². The monoisotopic (exact) mass is 763 g/mol. The van der Waals surface area contributed by atoms with Crippen molar-refractivity contribution in [2.24, 2.45) is 0 Å². The summed E-state index contributed by atoms with van der Waals surface area (Å²) in [5.74, 6) is -3.00. The molecule has 18 heteroatoms. The molecule has 2 aromatic heterocycles. The van der Waals surface area contributed by atoms with Gasteiger partial charge in [-0.3, -0.25) is 0 Å². The Labute approximate surface area is 301 Å². The number of alkyl halides is 3. The first-order valence-corrected chi connectivity index (χ1v) is 17.9. The zero-order valence-corrected chi connectivity index (χ0v) is 28.4. The molecule has 3 aliphatic heterocycles. The average Bonchev–Trinajstić information content (AvgIpc) is 3.63. The zero-order chi connectivity index (χ0) is 37.3. The van der Waals surface area contributed by atoms with Crippen LogP contribution in [-0.2, 0) is 31.8 Å². The maximum atomic E-state index is 15.4. The van der Waals surface area contributed by atoms with Crippen molar-refractivity contribution in [1.29, 1.82) is 0 Å². The number of aliphatic hydroxyl groups is 3. The summed E-state index contributed by atoms with van der Waals surface area (Å²) < 4.78 is 79.5. The van der Waals surface area contributed by atoms with E-state index in [9.17, 15) is 43.2 Å². The van der Waals surface area contributed by atoms with Crippen molar-refractivity contribution >= 4 is 38.6 Å². The van der Waals surface area contributed by atoms with Crippen LogP contribution in [0.25, 0.3) is 21.5 Å². The fourth-order valence-corrected chi connectivity index (χ4v) is 8.74. The molecule has 1 aliphatic carbocycles. The molecule has 5 heterocycles. The third kappa shape index (κ3) is 6.65. The second kappa shape index (κ2) is 13.6. The number of piperidine rings is 1. The van der Waals surface area contributed by atoms with Crippen LogP contribution in [0.1, 0.15) is 71.7 Å². The lowest BCUT2D eigenvalue weighted by Crippen LogP contribution is -2.60. The van der Waals surface area contributed by atoms with E-state index < -0.39 is 60.2 Å². The first kappa shape index (κ1) is 35.8. The number of hydrogen-bond acceptors (Lipinski definition) is 13. The van der Waals surface area contributed by atoms with Crippen LogP contribution in [0.3, 0.4) is 0 Å². The summed E-state index contributed by atoms with van der Waals surface area (Å²) >= 11 is 1.16. The number of hydrogen-bond donors (Lipinski definition) is 4. The molecule has 53 heavy (non-hydrogen) atoms. The van der Waals surface area contributed by atoms with E-state index in [1.807, 2.05) is 0 Å². The summed E-state index contributed by atoms with van der Waals surface area (Å²) in [5.41, 5.74) is -0.470. The predicted molar refractivity (Wildman–Crippen MR) is 175 cm³/mol. The number of carbonyl (C=O) groups excluding carboxylic acids is 1. The smallest absolute Gasteiger partial charge is 0.417 e. The lowest BCUT2D eigenvalue weighted by Gasteiger charge is -2.38. The number of carbonyl (C=O) groups is 2. The molecule has 4 fully saturated rings. The molecule has 4 aliphatic rings. The van der Waals surface area contributed by atoms with Crippen LogP contribution in [0.5, 0.6) is 0 Å². The number of nitrogens with zero attached hydrogens (tertiary/aromatic N) is 3. The van der Waals surface area contributed by atoms with Crippen LogP contribution in [0.2, 0.25) is 0 Å². The van der Waals surface area contributed by atoms with Gasteiger partial charge >= 0.3 is 18.1 Å². The van der Waals surface area contributed by atoms with Crippen LogP contribution in [0, 0.1) is 5.82 Å². The second-order valence-corrected chi connectivity index (χ2v) is 14.8. The number of thiazole rings is 1. The van der Waals surface area contributed by atoms with Gasteiger partial charge in [0.15, 0.2) is 17.1 Å². The van der Waals surface area contributed by atoms with Gasteiger partial charge < -0.3 is 44.1 Å². The highest BCUT2D eigenvalue weighted by Crippen LogP contribution is 2.47. The lowest BCUT2D eigenvalue weighted by atomic mass is 9.98. The Balaban J connectivity index is 0.969. The van der Waals surface area contributed by atoms with Gasteiger partial charge in [-0.1, -0.05) is 34.7 Å². The van der Waals surface area contributed by atoms with Crippen LogP contribution in [0.4, 0.5) is 22.7 Å². The third-order valence-corrected chi connectivity index (χ3v) is 11.4. The maximum absolute atomic E-state index is 15.4. The molecule has 3 saturated heterocycles. The van der Waals surface area contributed by atoms with E-state index in [0.717, 1.165) is 49.2 Å². The first-order chi connectivity index (χ1) is 25.3. The van der Waals surface area contributed by atoms with Crippen molar-refractivity contribution in [3.8, 4) is 11.3 Å². The average molecular weight is 764 g/mol. The van der Waals surface area contributed by atoms with Gasteiger partial charge in [-0.05, 0) is 56.7 Å². The molecule has 0 amide bonds. The van der Waals surface area contributed by atoms with E-state index in [0.29, 0.717) is 34.0 Å². The Morgan fingerprint density at radius 3 is 2.40 bits per heavy atom. The Kier molecular flexibility index (Phi) is 9.18. The molecule has 2 bridgehead atoms. The minimum Gasteiger partial charge on any atom is -0.479 e. The molecular formula is C35H33F4N3O10S. The number of rotatable bonds is 9. The van der Waals surface area contributed by atoms with Crippen molar-refractivity contribution in [3.63, 3.8) is 0 Å². The summed E-state index contributed by atoms with van der Waals surface area (Å²) in [7, 11) is 0. The van der Waals surface area contributed by atoms with E-state index in [1.54, 1.807) is 0 Å². The van der Waals surface area contributed by atoms with Gasteiger partial charge in [-0.2, -0.15) is 13.2 Å². The van der Waals surface area contributed by atoms with Gasteiger partial charge in [0.25, 0.3) is 0 Å². The van der Waals surface area contributed by atoms with Crippen LogP contribution < -0.4 is 4.90 Å². The van der Waals surface area contributed by atoms with E-state index >= 15 is 4.39 Å². The highest BCUT2D eigenvalue weighted by Gasteiger charge is 2.49. The van der Waals surface area contributed by atoms with E-state index in [4.69, 9.17) is 18.7 Å². The van der Waals surface area contributed by atoms with E-state index in [-0.39, 0.29) is 53.0 Å². The summed E-state index contributed by atoms with van der Waals surface area (Å²) in [6.07, 6.45) is -10.2. The summed E-state index contributed by atoms with van der Waals surface area (Å²) in [6.45, 7) is 0.0334. The largest absolute Gasteiger partial charge is 0.479 e. The molecule has 8 atom stereocenters. The van der Waals surface area contributed by atoms with Crippen LogP contribution in [0.15, 0.2) is 40.9 Å². The molecule has 4 unspecified atom stereocenters. The van der Waals surface area contributed by atoms with Crippen molar-refractivity contribution in [2.45, 2.75) is 106 Å². The highest BCUT2D eigenvalue weighted by molar-refractivity contribution is 7.22. The van der Waals surface area contributed by atoms with Crippen molar-refractivity contribution < 1.29 is 66.3 Å². The standard InChI is InChI=1S/C35H33F4N3O10S/c36-22-9-15(32(48)51-33-28(45)26(43)27(44)30(50-33)31(46)47)10-23-25(22)40-34(53-23)42-16-7-8-17(42)12-18(11-16)49-13-20-24(41-52-29(20)14-5-6-14)19-3-1-2-4-21(19)35(37,38)39/h1-4,9-10,14,16-18,26-28,30,33,43-45H,5-8,11-13H2,(H,46,47)/t16-,17+,18?,26-,27?,28?,30?,33-/m0/s1. The number of ether oxygens (including phenoxy) is 3. The van der Waals surface area contributed by atoms with Crippen LogP contribution >= 0.6 is 11.3 Å². The molecule has 282 valence electrons. The minimum absolute atomic E-state index is 0.0171. The SMILES string of the molecule is O=C(O[C@@H]1OC(C(=O)O)C(O)[C@H](O)C1O)c1cc(F)c2nc(N3[C@@H]4CC[C@H]3CC(OCc3c(-c5ccccc5C(F)(F)F)noc3C3CC3)C4)sc2c1. The number of esters is 1. The first-order valence-electron chi connectivity index (χ1n) is 17.1. The fraction of sp³-hybridized carbons (Fsp3) is 0.486. The Morgan fingerprint density at radius 2 is 1.72 bits per heavy atom. The number of anilines is 1. The third-order valence-electron chi connectivity index (χ3n) is 10.3. The number of benzene rings is 2. The number of carboxylic acid groups (broad SMARTS) is 1. The number of halogens is 4. The Bertz CT molecular complexity index is 2040.